The molecule has 1 aromatic heterocycles. The molecule has 0 radical (unpaired) electrons. The summed E-state index contributed by atoms with van der Waals surface area (Å²) in [5, 5.41) is 5.79. The number of fused-ring (bicyclic) bond motifs is 1. The van der Waals surface area contributed by atoms with E-state index in [9.17, 15) is 14.4 Å². The van der Waals surface area contributed by atoms with Crippen molar-refractivity contribution in [2.45, 2.75) is 31.3 Å². The Morgan fingerprint density at radius 2 is 2.08 bits per heavy atom. The van der Waals surface area contributed by atoms with Gasteiger partial charge in [0.15, 0.2) is 5.16 Å². The maximum Gasteiger partial charge on any atom is 0.257 e. The lowest BCUT2D eigenvalue weighted by molar-refractivity contribution is -0.123. The number of rotatable bonds is 3. The number of aromatic amines is 1. The number of hydrogen-bond acceptors (Lipinski definition) is 5. The van der Waals surface area contributed by atoms with Crippen molar-refractivity contribution in [3.05, 3.63) is 45.2 Å². The minimum absolute atomic E-state index is 0.0902. The van der Waals surface area contributed by atoms with Gasteiger partial charge in [-0.2, -0.15) is 0 Å². The van der Waals surface area contributed by atoms with Crippen LogP contribution in [0.15, 0.2) is 28.2 Å². The van der Waals surface area contributed by atoms with E-state index in [2.05, 4.69) is 20.6 Å². The summed E-state index contributed by atoms with van der Waals surface area (Å²) in [5.74, 6) is -1.45. The average Bonchev–Trinajstić information content (AvgIpc) is 2.55. The highest BCUT2D eigenvalue weighted by Crippen LogP contribution is 2.30. The van der Waals surface area contributed by atoms with Crippen molar-refractivity contribution in [2.24, 2.45) is 0 Å². The Labute approximate surface area is 148 Å². The maximum absolute atomic E-state index is 12.7. The van der Waals surface area contributed by atoms with E-state index < -0.39 is 17.4 Å². The number of carbonyl (C=O) groups excluding carboxylic acids is 2. The van der Waals surface area contributed by atoms with E-state index >= 15 is 0 Å². The van der Waals surface area contributed by atoms with Crippen molar-refractivity contribution in [1.29, 1.82) is 0 Å². The highest BCUT2D eigenvalue weighted by atomic mass is 32.2. The van der Waals surface area contributed by atoms with Gasteiger partial charge in [-0.1, -0.05) is 29.5 Å². The molecule has 0 unspecified atom stereocenters. The van der Waals surface area contributed by atoms with Crippen molar-refractivity contribution in [3.63, 3.8) is 0 Å². The van der Waals surface area contributed by atoms with E-state index in [1.807, 2.05) is 32.0 Å². The third-order valence-electron chi connectivity index (χ3n) is 4.08. The summed E-state index contributed by atoms with van der Waals surface area (Å²) in [6.07, 6.45) is 1.67. The summed E-state index contributed by atoms with van der Waals surface area (Å²) in [5.41, 5.74) is 2.45. The number of benzene rings is 1. The van der Waals surface area contributed by atoms with Gasteiger partial charge in [0.05, 0.1) is 11.5 Å². The monoisotopic (exact) mass is 358 g/mol. The molecule has 0 bridgehead atoms. The molecule has 8 heteroatoms. The second-order valence-electron chi connectivity index (χ2n) is 5.95. The Bertz CT molecular complexity index is 923. The molecule has 25 heavy (non-hydrogen) atoms. The van der Waals surface area contributed by atoms with E-state index in [1.54, 1.807) is 6.26 Å². The number of aryl methyl sites for hydroxylation is 2. The molecular formula is C17H18N4O3S. The van der Waals surface area contributed by atoms with Gasteiger partial charge in [-0.15, -0.1) is 0 Å². The summed E-state index contributed by atoms with van der Waals surface area (Å²) in [6.45, 7) is 3.86. The first-order valence-corrected chi connectivity index (χ1v) is 8.97. The minimum atomic E-state index is -0.878. The second kappa shape index (κ2) is 6.72. The van der Waals surface area contributed by atoms with Crippen LogP contribution in [0.4, 0.5) is 11.5 Å². The molecule has 0 saturated carbocycles. The lowest BCUT2D eigenvalue weighted by Gasteiger charge is -2.23. The molecule has 2 amide bonds. The van der Waals surface area contributed by atoms with E-state index in [4.69, 9.17) is 0 Å². The van der Waals surface area contributed by atoms with Gasteiger partial charge in [0, 0.05) is 12.1 Å². The van der Waals surface area contributed by atoms with Crippen LogP contribution in [0.3, 0.4) is 0 Å². The highest BCUT2D eigenvalue weighted by Gasteiger charge is 2.34. The highest BCUT2D eigenvalue weighted by molar-refractivity contribution is 7.98. The van der Waals surface area contributed by atoms with Gasteiger partial charge in [-0.05, 0) is 31.7 Å². The number of thioether (sulfide) groups is 1. The third-order valence-corrected chi connectivity index (χ3v) is 4.66. The fourth-order valence-corrected chi connectivity index (χ4v) is 3.22. The molecule has 1 atom stereocenters. The molecule has 2 aromatic rings. The molecule has 0 aliphatic carbocycles. The number of aromatic nitrogens is 2. The number of H-pyrrole nitrogens is 1. The first kappa shape index (κ1) is 17.2. The van der Waals surface area contributed by atoms with E-state index in [0.717, 1.165) is 11.1 Å². The SMILES string of the molecule is CSc1nc2c(c(=O)[nH]1)[C@H](C(=O)Nc1ccc(C)cc1C)CC(=O)N2. The normalized spacial score (nSPS) is 16.1. The lowest BCUT2D eigenvalue weighted by atomic mass is 9.92. The van der Waals surface area contributed by atoms with E-state index in [0.29, 0.717) is 10.8 Å². The zero-order valence-electron chi connectivity index (χ0n) is 14.1. The molecule has 0 spiro atoms. The summed E-state index contributed by atoms with van der Waals surface area (Å²) in [4.78, 5) is 43.9. The van der Waals surface area contributed by atoms with Gasteiger partial charge in [0.25, 0.3) is 5.56 Å². The number of nitrogens with zero attached hydrogens (tertiary/aromatic N) is 1. The molecule has 1 aliphatic heterocycles. The molecular weight excluding hydrogens is 340 g/mol. The topological polar surface area (TPSA) is 104 Å². The van der Waals surface area contributed by atoms with Crippen molar-refractivity contribution >= 4 is 35.1 Å². The van der Waals surface area contributed by atoms with Gasteiger partial charge in [-0.25, -0.2) is 4.98 Å². The molecule has 3 rings (SSSR count). The van der Waals surface area contributed by atoms with Crippen LogP contribution >= 0.6 is 11.8 Å². The molecule has 0 saturated heterocycles. The van der Waals surface area contributed by atoms with E-state index in [1.165, 1.54) is 11.8 Å². The smallest absolute Gasteiger partial charge is 0.257 e. The fourth-order valence-electron chi connectivity index (χ4n) is 2.84. The number of anilines is 2. The van der Waals surface area contributed by atoms with Crippen LogP contribution < -0.4 is 16.2 Å². The largest absolute Gasteiger partial charge is 0.325 e. The van der Waals surface area contributed by atoms with Crippen molar-refractivity contribution < 1.29 is 9.59 Å². The standard InChI is InChI=1S/C17H18N4O3S/c1-8-4-5-11(9(2)6-8)18-15(23)10-7-12(22)19-14-13(10)16(24)21-17(20-14)25-3/h4-6,10H,7H2,1-3H3,(H,18,23)(H2,19,20,21,22,24)/t10-/m1/s1. The second-order valence-corrected chi connectivity index (χ2v) is 6.74. The summed E-state index contributed by atoms with van der Waals surface area (Å²) < 4.78 is 0. The molecule has 130 valence electrons. The van der Waals surface area contributed by atoms with Crippen LogP contribution in [0.2, 0.25) is 0 Å². The van der Waals surface area contributed by atoms with Crippen LogP contribution in [-0.2, 0) is 9.59 Å². The van der Waals surface area contributed by atoms with Crippen molar-refractivity contribution in [3.8, 4) is 0 Å². The van der Waals surface area contributed by atoms with Gasteiger partial charge < -0.3 is 15.6 Å². The molecule has 3 N–H and O–H groups in total. The zero-order chi connectivity index (χ0) is 18.1. The lowest BCUT2D eigenvalue weighted by Crippen LogP contribution is -2.36. The predicted octanol–water partition coefficient (Wildman–Crippen LogP) is 2.17. The number of nitrogens with one attached hydrogen (secondary N) is 3. The first-order chi connectivity index (χ1) is 11.9. The van der Waals surface area contributed by atoms with Gasteiger partial charge in [0.2, 0.25) is 11.8 Å². The Morgan fingerprint density at radius 1 is 1.32 bits per heavy atom. The quantitative estimate of drug-likeness (QED) is 0.576. The number of amides is 2. The number of carbonyl (C=O) groups is 2. The predicted molar refractivity (Wildman–Crippen MR) is 97.2 cm³/mol. The Hall–Kier alpha value is -2.61. The minimum Gasteiger partial charge on any atom is -0.325 e. The van der Waals surface area contributed by atoms with Crippen molar-refractivity contribution in [2.75, 3.05) is 16.9 Å². The maximum atomic E-state index is 12.7. The first-order valence-electron chi connectivity index (χ1n) is 7.75. The van der Waals surface area contributed by atoms with Crippen LogP contribution in [-0.4, -0.2) is 28.0 Å². The van der Waals surface area contributed by atoms with Gasteiger partial charge >= 0.3 is 0 Å². The average molecular weight is 358 g/mol. The number of hydrogen-bond donors (Lipinski definition) is 3. The molecule has 1 aromatic carbocycles. The molecule has 2 heterocycles. The Morgan fingerprint density at radius 3 is 2.76 bits per heavy atom. The van der Waals surface area contributed by atoms with Crippen LogP contribution in [0.25, 0.3) is 0 Å². The van der Waals surface area contributed by atoms with E-state index in [-0.39, 0.29) is 23.7 Å². The van der Waals surface area contributed by atoms with Crippen LogP contribution in [0.5, 0.6) is 0 Å². The van der Waals surface area contributed by atoms with Crippen molar-refractivity contribution in [1.82, 2.24) is 9.97 Å². The summed E-state index contributed by atoms with van der Waals surface area (Å²) >= 11 is 1.25. The Balaban J connectivity index is 1.96. The molecule has 0 fully saturated rings. The van der Waals surface area contributed by atoms with Gasteiger partial charge in [-0.3, -0.25) is 14.4 Å². The Kier molecular flexibility index (Phi) is 4.63. The fraction of sp³-hybridized carbons (Fsp3) is 0.294. The third kappa shape index (κ3) is 3.43. The summed E-state index contributed by atoms with van der Waals surface area (Å²) in [6, 6.07) is 5.66. The van der Waals surface area contributed by atoms with Crippen LogP contribution in [0.1, 0.15) is 29.0 Å². The summed E-state index contributed by atoms with van der Waals surface area (Å²) in [7, 11) is 0. The molecule has 1 aliphatic rings. The molecule has 7 nitrogen and oxygen atoms in total. The zero-order valence-corrected chi connectivity index (χ0v) is 14.9. The van der Waals surface area contributed by atoms with Crippen LogP contribution in [0, 0.1) is 13.8 Å². The van der Waals surface area contributed by atoms with Gasteiger partial charge in [0.1, 0.15) is 5.82 Å².